The lowest BCUT2D eigenvalue weighted by Gasteiger charge is -2.27. The van der Waals surface area contributed by atoms with Gasteiger partial charge in [-0.15, -0.1) is 11.3 Å². The molecule has 1 aromatic rings. The SMILES string of the molecule is C[C@@H]1CCc2c(C(=O)NNC(=O)[C@H]3CCCC[C@H]3C(=O)O)csc2C1. The van der Waals surface area contributed by atoms with Gasteiger partial charge in [0.1, 0.15) is 0 Å². The van der Waals surface area contributed by atoms with Crippen LogP contribution >= 0.6 is 11.3 Å². The zero-order valence-electron chi connectivity index (χ0n) is 14.3. The molecule has 7 heteroatoms. The molecule has 1 aromatic heterocycles. The Morgan fingerprint density at radius 1 is 1.12 bits per heavy atom. The van der Waals surface area contributed by atoms with Gasteiger partial charge in [0.05, 0.1) is 17.4 Å². The summed E-state index contributed by atoms with van der Waals surface area (Å²) in [5, 5.41) is 11.1. The minimum absolute atomic E-state index is 0.317. The number of amides is 2. The van der Waals surface area contributed by atoms with E-state index in [9.17, 15) is 19.5 Å². The van der Waals surface area contributed by atoms with Crippen LogP contribution in [0, 0.1) is 17.8 Å². The molecule has 1 fully saturated rings. The van der Waals surface area contributed by atoms with E-state index in [2.05, 4.69) is 17.8 Å². The van der Waals surface area contributed by atoms with E-state index in [1.165, 1.54) is 4.88 Å². The third-order valence-electron chi connectivity index (χ3n) is 5.37. The molecule has 2 aliphatic carbocycles. The number of hydrogen-bond acceptors (Lipinski definition) is 4. The number of hydrazine groups is 1. The van der Waals surface area contributed by atoms with Crippen LogP contribution in [-0.2, 0) is 22.4 Å². The Morgan fingerprint density at radius 2 is 1.84 bits per heavy atom. The van der Waals surface area contributed by atoms with Crippen LogP contribution in [0.5, 0.6) is 0 Å². The molecule has 2 amide bonds. The van der Waals surface area contributed by atoms with Crippen LogP contribution in [0.4, 0.5) is 0 Å². The van der Waals surface area contributed by atoms with E-state index < -0.39 is 23.7 Å². The molecule has 0 radical (unpaired) electrons. The van der Waals surface area contributed by atoms with Gasteiger partial charge in [-0.3, -0.25) is 25.2 Å². The van der Waals surface area contributed by atoms with E-state index in [4.69, 9.17) is 0 Å². The van der Waals surface area contributed by atoms with E-state index in [0.717, 1.165) is 37.7 Å². The van der Waals surface area contributed by atoms with Gasteiger partial charge in [-0.05, 0) is 43.6 Å². The van der Waals surface area contributed by atoms with E-state index in [1.54, 1.807) is 11.3 Å². The fourth-order valence-electron chi connectivity index (χ4n) is 3.89. The minimum atomic E-state index is -0.938. The van der Waals surface area contributed by atoms with Crippen LogP contribution < -0.4 is 10.9 Å². The summed E-state index contributed by atoms with van der Waals surface area (Å²) in [5.74, 6) is -2.26. The van der Waals surface area contributed by atoms with Crippen molar-refractivity contribution in [1.29, 1.82) is 0 Å². The Labute approximate surface area is 151 Å². The summed E-state index contributed by atoms with van der Waals surface area (Å²) < 4.78 is 0. The molecular formula is C18H24N2O4S. The first-order chi connectivity index (χ1) is 12.0. The highest BCUT2D eigenvalue weighted by Gasteiger charge is 2.36. The summed E-state index contributed by atoms with van der Waals surface area (Å²) in [7, 11) is 0. The second-order valence-electron chi connectivity index (χ2n) is 7.18. The number of nitrogens with one attached hydrogen (secondary N) is 2. The van der Waals surface area contributed by atoms with Gasteiger partial charge in [0.15, 0.2) is 0 Å². The van der Waals surface area contributed by atoms with Crippen molar-refractivity contribution >= 4 is 29.1 Å². The standard InChI is InChI=1S/C18H24N2O4S/c1-10-6-7-11-14(9-25-15(11)8-10)17(22)20-19-16(21)12-4-2-3-5-13(12)18(23)24/h9-10,12-13H,2-8H2,1H3,(H,19,21)(H,20,22)(H,23,24)/t10-,12+,13-/m1/s1. The fourth-order valence-corrected chi connectivity index (χ4v) is 5.13. The number of carboxylic acids is 1. The number of carbonyl (C=O) groups is 3. The smallest absolute Gasteiger partial charge is 0.307 e. The number of rotatable bonds is 3. The average Bonchev–Trinajstić information content (AvgIpc) is 3.02. The molecule has 1 saturated carbocycles. The fraction of sp³-hybridized carbons (Fsp3) is 0.611. The Balaban J connectivity index is 1.61. The summed E-state index contributed by atoms with van der Waals surface area (Å²) in [6.45, 7) is 2.21. The lowest BCUT2D eigenvalue weighted by Crippen LogP contribution is -2.48. The molecule has 3 atom stereocenters. The highest BCUT2D eigenvalue weighted by Crippen LogP contribution is 2.33. The van der Waals surface area contributed by atoms with Crippen molar-refractivity contribution < 1.29 is 19.5 Å². The van der Waals surface area contributed by atoms with Crippen molar-refractivity contribution in [2.75, 3.05) is 0 Å². The number of carbonyl (C=O) groups excluding carboxylic acids is 2. The highest BCUT2D eigenvalue weighted by molar-refractivity contribution is 7.10. The van der Waals surface area contributed by atoms with Gasteiger partial charge in [0.25, 0.3) is 5.91 Å². The van der Waals surface area contributed by atoms with Crippen molar-refractivity contribution in [1.82, 2.24) is 10.9 Å². The molecule has 0 spiro atoms. The quantitative estimate of drug-likeness (QED) is 0.718. The Hall–Kier alpha value is -1.89. The molecule has 136 valence electrons. The van der Waals surface area contributed by atoms with Crippen molar-refractivity contribution in [3.8, 4) is 0 Å². The van der Waals surface area contributed by atoms with Gasteiger partial charge in [0, 0.05) is 10.3 Å². The Kier molecular flexibility index (Phi) is 5.42. The molecule has 6 nitrogen and oxygen atoms in total. The lowest BCUT2D eigenvalue weighted by atomic mass is 9.79. The van der Waals surface area contributed by atoms with Crippen LogP contribution in [0.25, 0.3) is 0 Å². The maximum Gasteiger partial charge on any atom is 0.307 e. The molecule has 1 heterocycles. The van der Waals surface area contributed by atoms with Crippen LogP contribution in [0.3, 0.4) is 0 Å². The molecule has 0 aliphatic heterocycles. The van der Waals surface area contributed by atoms with Crippen molar-refractivity contribution in [2.45, 2.75) is 51.9 Å². The number of aliphatic carboxylic acids is 1. The van der Waals surface area contributed by atoms with Gasteiger partial charge in [-0.25, -0.2) is 0 Å². The average molecular weight is 364 g/mol. The van der Waals surface area contributed by atoms with E-state index in [-0.39, 0.29) is 5.91 Å². The monoisotopic (exact) mass is 364 g/mol. The molecular weight excluding hydrogens is 340 g/mol. The lowest BCUT2D eigenvalue weighted by molar-refractivity contribution is -0.149. The second kappa shape index (κ2) is 7.56. The topological polar surface area (TPSA) is 95.5 Å². The summed E-state index contributed by atoms with van der Waals surface area (Å²) in [6, 6.07) is 0. The van der Waals surface area contributed by atoms with Crippen LogP contribution in [-0.4, -0.2) is 22.9 Å². The summed E-state index contributed by atoms with van der Waals surface area (Å²) in [5.41, 5.74) is 6.65. The molecule has 0 aromatic carbocycles. The third kappa shape index (κ3) is 3.86. The highest BCUT2D eigenvalue weighted by atomic mass is 32.1. The van der Waals surface area contributed by atoms with E-state index >= 15 is 0 Å². The Bertz CT molecular complexity index is 685. The Morgan fingerprint density at radius 3 is 2.56 bits per heavy atom. The maximum absolute atomic E-state index is 12.4. The van der Waals surface area contributed by atoms with Crippen molar-refractivity contribution in [2.24, 2.45) is 17.8 Å². The molecule has 2 aliphatic rings. The molecule has 0 bridgehead atoms. The van der Waals surface area contributed by atoms with Crippen LogP contribution in [0.1, 0.15) is 59.8 Å². The van der Waals surface area contributed by atoms with Gasteiger partial charge in [-0.1, -0.05) is 19.8 Å². The second-order valence-corrected chi connectivity index (χ2v) is 8.14. The van der Waals surface area contributed by atoms with Gasteiger partial charge in [0.2, 0.25) is 5.91 Å². The minimum Gasteiger partial charge on any atom is -0.481 e. The first kappa shape index (κ1) is 17.9. The van der Waals surface area contributed by atoms with Crippen molar-refractivity contribution in [3.05, 3.63) is 21.4 Å². The maximum atomic E-state index is 12.4. The first-order valence-electron chi connectivity index (χ1n) is 8.89. The third-order valence-corrected chi connectivity index (χ3v) is 6.42. The number of thiophene rings is 1. The van der Waals surface area contributed by atoms with Gasteiger partial charge >= 0.3 is 5.97 Å². The predicted octanol–water partition coefficient (Wildman–Crippen LogP) is 2.52. The summed E-state index contributed by atoms with van der Waals surface area (Å²) >= 11 is 1.60. The molecule has 3 rings (SSSR count). The molecule has 0 unspecified atom stereocenters. The van der Waals surface area contributed by atoms with Crippen molar-refractivity contribution in [3.63, 3.8) is 0 Å². The van der Waals surface area contributed by atoms with Gasteiger partial charge < -0.3 is 5.11 Å². The summed E-state index contributed by atoms with van der Waals surface area (Å²) in [6.07, 6.45) is 5.68. The molecule has 3 N–H and O–H groups in total. The van der Waals surface area contributed by atoms with Crippen LogP contribution in [0.15, 0.2) is 5.38 Å². The van der Waals surface area contributed by atoms with Gasteiger partial charge in [-0.2, -0.15) is 0 Å². The first-order valence-corrected chi connectivity index (χ1v) is 9.77. The summed E-state index contributed by atoms with van der Waals surface area (Å²) in [4.78, 5) is 37.3. The molecule has 25 heavy (non-hydrogen) atoms. The van der Waals surface area contributed by atoms with E-state index in [0.29, 0.717) is 24.3 Å². The number of fused-ring (bicyclic) bond motifs is 1. The number of hydrogen-bond donors (Lipinski definition) is 3. The number of carboxylic acid groups (broad SMARTS) is 1. The largest absolute Gasteiger partial charge is 0.481 e. The van der Waals surface area contributed by atoms with E-state index in [1.807, 2.05) is 5.38 Å². The predicted molar refractivity (Wildman–Crippen MR) is 94.2 cm³/mol. The van der Waals surface area contributed by atoms with Crippen LogP contribution in [0.2, 0.25) is 0 Å². The molecule has 0 saturated heterocycles. The zero-order valence-corrected chi connectivity index (χ0v) is 15.2. The zero-order chi connectivity index (χ0) is 18.0. The normalized spacial score (nSPS) is 25.7.